The Morgan fingerprint density at radius 1 is 0.306 bits per heavy atom. The van der Waals surface area contributed by atoms with Crippen molar-refractivity contribution in [2.75, 3.05) is 0 Å². The van der Waals surface area contributed by atoms with Crippen LogP contribution in [0.1, 0.15) is 33.4 Å². The fourth-order valence-electron chi connectivity index (χ4n) is 7.95. The van der Waals surface area contributed by atoms with E-state index in [0.717, 1.165) is 77.9 Å². The molecule has 0 amide bonds. The van der Waals surface area contributed by atoms with Gasteiger partial charge in [0.05, 0.1) is 9.79 Å². The van der Waals surface area contributed by atoms with Crippen LogP contribution in [0, 0.1) is 13.8 Å². The van der Waals surface area contributed by atoms with Crippen LogP contribution in [-0.4, -0.2) is 25.4 Å². The Hall–Kier alpha value is -6.42. The minimum Gasteiger partial charge on any atom is -0.207 e. The molecule has 7 aliphatic heterocycles. The van der Waals surface area contributed by atoms with Crippen LogP contribution in [0.25, 0.3) is 44.5 Å². The molecule has 0 saturated carbocycles. The molecule has 12 bridgehead atoms. The number of benzene rings is 8. The summed E-state index contributed by atoms with van der Waals surface area (Å²) in [6.07, 6.45) is 0. The monoisotopic (exact) mass is 850 g/mol. The van der Waals surface area contributed by atoms with E-state index in [-0.39, 0.29) is 36.0 Å². The fourth-order valence-corrected chi connectivity index (χ4v) is 10.8. The fraction of sp³-hybridized carbons (Fsp3) is 0.111. The van der Waals surface area contributed by atoms with Crippen molar-refractivity contribution in [1.82, 2.24) is 8.61 Å². The molecule has 15 rings (SSSR count). The molecule has 0 fully saturated rings. The summed E-state index contributed by atoms with van der Waals surface area (Å²) in [5.41, 5.74) is 13.7. The molecule has 0 spiro atoms. The lowest BCUT2D eigenvalue weighted by Crippen LogP contribution is -2.30. The van der Waals surface area contributed by atoms with Gasteiger partial charge in [0.1, 0.15) is 0 Å². The van der Waals surface area contributed by atoms with E-state index in [2.05, 4.69) is 36.4 Å². The average molecular weight is 851 g/mol. The molecule has 308 valence electrons. The summed E-state index contributed by atoms with van der Waals surface area (Å²) < 4.78 is 60.2. The normalized spacial score (nSPS) is 13.8. The van der Waals surface area contributed by atoms with Crippen molar-refractivity contribution >= 4 is 20.0 Å². The molecular weight excluding hydrogens is 805 g/mol. The first kappa shape index (κ1) is 41.0. The number of rotatable bonds is 4. The molecule has 0 aromatic heterocycles. The Bertz CT molecular complexity index is 2730. The molecule has 0 N–H and O–H groups in total. The second-order valence-electron chi connectivity index (χ2n) is 16.1. The lowest BCUT2D eigenvalue weighted by atomic mass is 9.97. The van der Waals surface area contributed by atoms with E-state index in [9.17, 15) is 16.8 Å². The largest absolute Gasteiger partial charge is 0.243 e. The Balaban J connectivity index is 1.11. The summed E-state index contributed by atoms with van der Waals surface area (Å²) in [5.74, 6) is 0. The molecule has 8 heteroatoms. The summed E-state index contributed by atoms with van der Waals surface area (Å²) >= 11 is 0. The van der Waals surface area contributed by atoms with Crippen LogP contribution < -0.4 is 0 Å². The molecule has 0 radical (unpaired) electrons. The van der Waals surface area contributed by atoms with Crippen LogP contribution in [0.15, 0.2) is 204 Å². The zero-order chi connectivity index (χ0) is 42.8. The molecule has 0 atom stereocenters. The van der Waals surface area contributed by atoms with Crippen LogP contribution >= 0.6 is 0 Å². The van der Waals surface area contributed by atoms with Crippen LogP contribution in [-0.2, 0) is 46.2 Å². The molecule has 7 aliphatic rings. The molecule has 0 aliphatic carbocycles. The number of nitrogens with zero attached hydrogens (tertiary/aromatic N) is 2. The van der Waals surface area contributed by atoms with Gasteiger partial charge in [0.2, 0.25) is 20.0 Å². The molecule has 6 nitrogen and oxygen atoms in total. The van der Waals surface area contributed by atoms with Crippen LogP contribution in [0.4, 0.5) is 0 Å². The highest BCUT2D eigenvalue weighted by Crippen LogP contribution is 2.32. The van der Waals surface area contributed by atoms with E-state index in [1.54, 1.807) is 32.9 Å². The number of hydrogen-bond acceptors (Lipinski definition) is 4. The molecule has 8 aromatic rings. The van der Waals surface area contributed by atoms with E-state index in [0.29, 0.717) is 0 Å². The van der Waals surface area contributed by atoms with E-state index in [1.807, 2.05) is 147 Å². The maximum absolute atomic E-state index is 14.3. The molecule has 7 heterocycles. The van der Waals surface area contributed by atoms with Gasteiger partial charge in [0, 0.05) is 26.2 Å². The van der Waals surface area contributed by atoms with Crippen LogP contribution in [0.2, 0.25) is 0 Å². The van der Waals surface area contributed by atoms with Gasteiger partial charge in [-0.15, -0.1) is 0 Å². The molecule has 0 unspecified atom stereocenters. The predicted octanol–water partition coefficient (Wildman–Crippen LogP) is 12.1. The third kappa shape index (κ3) is 8.82. The van der Waals surface area contributed by atoms with Crippen molar-refractivity contribution in [1.29, 1.82) is 0 Å². The van der Waals surface area contributed by atoms with Gasteiger partial charge in [-0.3, -0.25) is 0 Å². The van der Waals surface area contributed by atoms with Crippen molar-refractivity contribution < 1.29 is 16.8 Å². The zero-order valence-electron chi connectivity index (χ0n) is 34.6. The second kappa shape index (κ2) is 17.2. The van der Waals surface area contributed by atoms with Gasteiger partial charge in [-0.1, -0.05) is 169 Å². The van der Waals surface area contributed by atoms with Gasteiger partial charge < -0.3 is 0 Å². The first-order chi connectivity index (χ1) is 30.0. The first-order valence-electron chi connectivity index (χ1n) is 20.7. The molecule has 0 saturated heterocycles. The smallest absolute Gasteiger partial charge is 0.207 e. The van der Waals surface area contributed by atoms with Crippen molar-refractivity contribution in [3.63, 3.8) is 0 Å². The van der Waals surface area contributed by atoms with Crippen molar-refractivity contribution in [3.05, 3.63) is 228 Å². The highest BCUT2D eigenvalue weighted by molar-refractivity contribution is 7.89. The summed E-state index contributed by atoms with van der Waals surface area (Å²) in [6.45, 7) is 4.71. The minimum absolute atomic E-state index is 0.204. The molecule has 8 aromatic carbocycles. The predicted molar refractivity (Wildman–Crippen MR) is 250 cm³/mol. The Morgan fingerprint density at radius 3 is 0.790 bits per heavy atom. The quantitative estimate of drug-likeness (QED) is 0.177. The van der Waals surface area contributed by atoms with E-state index >= 15 is 0 Å². The van der Waals surface area contributed by atoms with Crippen molar-refractivity contribution in [2.24, 2.45) is 0 Å². The Labute approximate surface area is 365 Å². The number of hydrogen-bond donors (Lipinski definition) is 0. The highest BCUT2D eigenvalue weighted by atomic mass is 32.2. The summed E-state index contributed by atoms with van der Waals surface area (Å²) in [6, 6.07) is 63.1. The Kier molecular flexibility index (Phi) is 11.3. The van der Waals surface area contributed by atoms with Crippen molar-refractivity contribution in [3.8, 4) is 44.5 Å². The summed E-state index contributed by atoms with van der Waals surface area (Å²) in [7, 11) is -7.68. The van der Waals surface area contributed by atoms with E-state index in [1.165, 1.54) is 0 Å². The topological polar surface area (TPSA) is 74.8 Å². The maximum Gasteiger partial charge on any atom is 0.243 e. The molecule has 62 heavy (non-hydrogen) atoms. The van der Waals surface area contributed by atoms with Crippen LogP contribution in [0.3, 0.4) is 0 Å². The zero-order valence-corrected chi connectivity index (χ0v) is 36.3. The second-order valence-corrected chi connectivity index (χ2v) is 20.0. The van der Waals surface area contributed by atoms with Gasteiger partial charge in [-0.05, 0) is 117 Å². The third-order valence-corrected chi connectivity index (χ3v) is 15.2. The number of aryl methyl sites for hydroxylation is 2. The van der Waals surface area contributed by atoms with Gasteiger partial charge in [-0.25, -0.2) is 16.8 Å². The first-order valence-corrected chi connectivity index (χ1v) is 23.6. The van der Waals surface area contributed by atoms with E-state index in [4.69, 9.17) is 0 Å². The summed E-state index contributed by atoms with van der Waals surface area (Å²) in [4.78, 5) is 0.531. The summed E-state index contributed by atoms with van der Waals surface area (Å²) in [5, 5.41) is 0. The van der Waals surface area contributed by atoms with Gasteiger partial charge in [0.25, 0.3) is 0 Å². The highest BCUT2D eigenvalue weighted by Gasteiger charge is 2.27. The Morgan fingerprint density at radius 2 is 0.548 bits per heavy atom. The van der Waals surface area contributed by atoms with E-state index < -0.39 is 20.0 Å². The average Bonchev–Trinajstić information content (AvgIpc) is 3.29. The number of sulfonamides is 2. The lowest BCUT2D eigenvalue weighted by molar-refractivity contribution is 0.401. The molecular formula is C54H46N2O4S2. The van der Waals surface area contributed by atoms with Crippen molar-refractivity contribution in [2.45, 2.75) is 49.8 Å². The lowest BCUT2D eigenvalue weighted by Gasteiger charge is -2.23. The third-order valence-electron chi connectivity index (χ3n) is 11.6. The van der Waals surface area contributed by atoms with Gasteiger partial charge in [0.15, 0.2) is 0 Å². The minimum atomic E-state index is -3.84. The van der Waals surface area contributed by atoms with Crippen LogP contribution in [0.5, 0.6) is 0 Å². The van der Waals surface area contributed by atoms with Gasteiger partial charge in [-0.2, -0.15) is 8.61 Å². The SMILES string of the molecule is Cc1ccc(S(=O)(=O)N2Cc3ccc(cc3)-c3cccc(c3)-c3ccc(cc3)CN(S(=O)(=O)c3ccc(C)cc3)Cc3ccc(cc3)-c3cccc(c3)-c3ccc(cc3)C2)cc1. The van der Waals surface area contributed by atoms with Gasteiger partial charge >= 0.3 is 0 Å². The standard InChI is InChI=1S/C54H46N2O4S2/c1-39-9-29-53(30-10-39)61(57,58)55-35-41-13-21-45(22-14-41)49-5-3-7-51(33-49)47-25-17-43(18-26-47)37-56(62(59,60)54-31-11-40(2)12-32-54)38-44-19-27-48(28-20-44)52-8-4-6-50(34-52)46-23-15-42(36-55)16-24-46/h3-34H,35-38H2,1-2H3. The maximum atomic E-state index is 14.3.